The third kappa shape index (κ3) is 2.93. The van der Waals surface area contributed by atoms with Crippen molar-refractivity contribution in [1.82, 2.24) is 5.32 Å². The zero-order valence-corrected chi connectivity index (χ0v) is 13.3. The minimum Gasteiger partial charge on any atom is -0.398 e. The average molecular weight is 376 g/mol. The van der Waals surface area contributed by atoms with Gasteiger partial charge in [0.1, 0.15) is 0 Å². The van der Waals surface area contributed by atoms with Crippen molar-refractivity contribution in [3.8, 4) is 0 Å². The van der Waals surface area contributed by atoms with Gasteiger partial charge in [-0.3, -0.25) is 4.79 Å². The average Bonchev–Trinajstić information content (AvgIpc) is 2.31. The van der Waals surface area contributed by atoms with Gasteiger partial charge in [-0.1, -0.05) is 6.42 Å². The van der Waals surface area contributed by atoms with Gasteiger partial charge in [-0.15, -0.1) is 0 Å². The lowest BCUT2D eigenvalue weighted by Gasteiger charge is -2.40. The predicted octanol–water partition coefficient (Wildman–Crippen LogP) is 2.89. The number of halogens is 1. The number of nitrogen functional groups attached to an aromatic ring is 1. The number of nitrogens with two attached hydrogens (primary N) is 1. The van der Waals surface area contributed by atoms with E-state index >= 15 is 0 Å². The molecule has 1 fully saturated rings. The number of nitrogens with one attached hydrogen (secondary N) is 1. The fraction of sp³-hybridized carbons (Fsp3) is 0.462. The summed E-state index contributed by atoms with van der Waals surface area (Å²) in [6.07, 6.45) is 5.80. The third-order valence-corrected chi connectivity index (χ3v) is 5.88. The van der Waals surface area contributed by atoms with Crippen LogP contribution < -0.4 is 11.1 Å². The Morgan fingerprint density at radius 3 is 2.78 bits per heavy atom. The topological polar surface area (TPSA) is 55.1 Å². The van der Waals surface area contributed by atoms with Crippen LogP contribution in [0, 0.1) is 3.57 Å². The van der Waals surface area contributed by atoms with Crippen molar-refractivity contribution < 1.29 is 4.79 Å². The zero-order valence-electron chi connectivity index (χ0n) is 10.3. The first kappa shape index (κ1) is 14.0. The van der Waals surface area contributed by atoms with Gasteiger partial charge in [0, 0.05) is 26.1 Å². The van der Waals surface area contributed by atoms with Gasteiger partial charge in [0.15, 0.2) is 0 Å². The number of carbonyl (C=O) groups is 1. The van der Waals surface area contributed by atoms with Gasteiger partial charge in [0.05, 0.1) is 0 Å². The quantitative estimate of drug-likeness (QED) is 0.628. The fourth-order valence-electron chi connectivity index (χ4n) is 2.04. The first-order valence-corrected chi connectivity index (χ1v) is 8.25. The Morgan fingerprint density at radius 2 is 2.28 bits per heavy atom. The number of rotatable bonds is 4. The van der Waals surface area contributed by atoms with Gasteiger partial charge in [0.25, 0.3) is 5.91 Å². The summed E-state index contributed by atoms with van der Waals surface area (Å²) in [6, 6.07) is 5.39. The second-order valence-electron chi connectivity index (χ2n) is 4.66. The van der Waals surface area contributed by atoms with Crippen molar-refractivity contribution in [2.75, 3.05) is 18.5 Å². The van der Waals surface area contributed by atoms with Crippen LogP contribution >= 0.6 is 34.4 Å². The van der Waals surface area contributed by atoms with Crippen molar-refractivity contribution >= 4 is 45.9 Å². The van der Waals surface area contributed by atoms with E-state index in [-0.39, 0.29) is 10.7 Å². The van der Waals surface area contributed by atoms with Gasteiger partial charge in [-0.2, -0.15) is 11.8 Å². The zero-order chi connectivity index (χ0) is 13.2. The van der Waals surface area contributed by atoms with Crippen LogP contribution in [-0.4, -0.2) is 23.5 Å². The van der Waals surface area contributed by atoms with Gasteiger partial charge >= 0.3 is 0 Å². The van der Waals surface area contributed by atoms with E-state index in [4.69, 9.17) is 5.73 Å². The second kappa shape index (κ2) is 5.69. The minimum atomic E-state index is -0.00626. The molecule has 0 unspecified atom stereocenters. The van der Waals surface area contributed by atoms with Crippen LogP contribution in [0.4, 0.5) is 5.69 Å². The number of amides is 1. The molecule has 5 heteroatoms. The Morgan fingerprint density at radius 1 is 1.56 bits per heavy atom. The maximum atomic E-state index is 12.0. The SMILES string of the molecule is CSC1(CNC(=O)c2ccc(N)c(I)c2)CCC1. The highest BCUT2D eigenvalue weighted by atomic mass is 127. The molecule has 0 saturated heterocycles. The first-order valence-electron chi connectivity index (χ1n) is 5.95. The molecular weight excluding hydrogens is 359 g/mol. The van der Waals surface area contributed by atoms with Crippen molar-refractivity contribution in [2.24, 2.45) is 0 Å². The molecule has 0 heterocycles. The molecule has 0 bridgehead atoms. The van der Waals surface area contributed by atoms with Crippen LogP contribution in [0.1, 0.15) is 29.6 Å². The summed E-state index contributed by atoms with van der Waals surface area (Å²) in [5.41, 5.74) is 7.14. The summed E-state index contributed by atoms with van der Waals surface area (Å²) in [6.45, 7) is 0.758. The molecule has 0 radical (unpaired) electrons. The van der Waals surface area contributed by atoms with Gasteiger partial charge in [0.2, 0.25) is 0 Å². The summed E-state index contributed by atoms with van der Waals surface area (Å²) in [5.74, 6) is -0.00626. The minimum absolute atomic E-state index is 0.00626. The molecule has 3 nitrogen and oxygen atoms in total. The van der Waals surface area contributed by atoms with Gasteiger partial charge in [-0.05, 0) is 59.9 Å². The maximum absolute atomic E-state index is 12.0. The molecule has 18 heavy (non-hydrogen) atoms. The summed E-state index contributed by atoms with van der Waals surface area (Å²) in [5, 5.41) is 3.04. The number of benzene rings is 1. The van der Waals surface area contributed by atoms with E-state index in [1.807, 2.05) is 17.8 Å². The molecule has 0 atom stereocenters. The molecule has 3 N–H and O–H groups in total. The van der Waals surface area contributed by atoms with Gasteiger partial charge in [-0.25, -0.2) is 0 Å². The van der Waals surface area contributed by atoms with Crippen LogP contribution in [0.25, 0.3) is 0 Å². The molecular formula is C13H17IN2OS. The van der Waals surface area contributed by atoms with E-state index in [0.717, 1.165) is 10.1 Å². The summed E-state index contributed by atoms with van der Waals surface area (Å²) in [4.78, 5) is 12.0. The van der Waals surface area contributed by atoms with E-state index in [9.17, 15) is 4.79 Å². The van der Waals surface area contributed by atoms with Crippen LogP contribution in [0.5, 0.6) is 0 Å². The van der Waals surface area contributed by atoms with Crippen LogP contribution in [0.15, 0.2) is 18.2 Å². The Balaban J connectivity index is 1.97. The molecule has 2 rings (SSSR count). The molecule has 0 aliphatic heterocycles. The highest BCUT2D eigenvalue weighted by molar-refractivity contribution is 14.1. The Kier molecular flexibility index (Phi) is 4.42. The van der Waals surface area contributed by atoms with Crippen molar-refractivity contribution in [2.45, 2.75) is 24.0 Å². The van der Waals surface area contributed by atoms with Crippen molar-refractivity contribution in [3.63, 3.8) is 0 Å². The Hall–Kier alpha value is -0.430. The highest BCUT2D eigenvalue weighted by Gasteiger charge is 2.36. The molecule has 0 spiro atoms. The van der Waals surface area contributed by atoms with Crippen molar-refractivity contribution in [3.05, 3.63) is 27.3 Å². The molecule has 1 aromatic carbocycles. The Labute approximate surface area is 125 Å². The standard InChI is InChI=1S/C13H17IN2OS/c1-18-13(5-2-6-13)8-16-12(17)9-3-4-11(15)10(14)7-9/h3-4,7H,2,5-6,8,15H2,1H3,(H,16,17). The van der Waals surface area contributed by atoms with E-state index in [1.54, 1.807) is 12.1 Å². The van der Waals surface area contributed by atoms with Crippen LogP contribution in [-0.2, 0) is 0 Å². The summed E-state index contributed by atoms with van der Waals surface area (Å²) < 4.78 is 1.19. The van der Waals surface area contributed by atoms with Gasteiger partial charge < -0.3 is 11.1 Å². The number of anilines is 1. The lowest BCUT2D eigenvalue weighted by molar-refractivity contribution is 0.0944. The lowest BCUT2D eigenvalue weighted by atomic mass is 9.84. The molecule has 0 aromatic heterocycles. The summed E-state index contributed by atoms with van der Waals surface area (Å²) >= 11 is 4.01. The maximum Gasteiger partial charge on any atom is 0.251 e. The second-order valence-corrected chi connectivity index (χ2v) is 7.10. The normalized spacial score (nSPS) is 17.0. The number of carbonyl (C=O) groups excluding carboxylic acids is 1. The molecule has 1 saturated carbocycles. The Bertz CT molecular complexity index is 455. The monoisotopic (exact) mass is 376 g/mol. The van der Waals surface area contributed by atoms with E-state index < -0.39 is 0 Å². The van der Waals surface area contributed by atoms with Crippen molar-refractivity contribution in [1.29, 1.82) is 0 Å². The molecule has 98 valence electrons. The van der Waals surface area contributed by atoms with Crippen LogP contribution in [0.3, 0.4) is 0 Å². The predicted molar refractivity (Wildman–Crippen MR) is 86.0 cm³/mol. The number of hydrogen-bond acceptors (Lipinski definition) is 3. The number of thioether (sulfide) groups is 1. The lowest BCUT2D eigenvalue weighted by Crippen LogP contribution is -2.45. The highest BCUT2D eigenvalue weighted by Crippen LogP contribution is 2.42. The molecule has 1 amide bonds. The first-order chi connectivity index (χ1) is 8.56. The summed E-state index contributed by atoms with van der Waals surface area (Å²) in [7, 11) is 0. The molecule has 1 aromatic rings. The smallest absolute Gasteiger partial charge is 0.251 e. The van der Waals surface area contributed by atoms with E-state index in [2.05, 4.69) is 34.2 Å². The number of hydrogen-bond donors (Lipinski definition) is 2. The molecule has 1 aliphatic rings. The van der Waals surface area contributed by atoms with E-state index in [1.165, 1.54) is 19.3 Å². The molecule has 1 aliphatic carbocycles. The fourth-order valence-corrected chi connectivity index (χ4v) is 3.46. The van der Waals surface area contributed by atoms with Crippen LogP contribution in [0.2, 0.25) is 0 Å². The van der Waals surface area contributed by atoms with E-state index in [0.29, 0.717) is 11.3 Å². The third-order valence-electron chi connectivity index (χ3n) is 3.53. The largest absolute Gasteiger partial charge is 0.398 e.